The molecule has 0 fully saturated rings. The van der Waals surface area contributed by atoms with E-state index in [1.54, 1.807) is 23.5 Å². The summed E-state index contributed by atoms with van der Waals surface area (Å²) in [6, 6.07) is 7.78. The second kappa shape index (κ2) is 9.71. The molecule has 3 nitrogen and oxygen atoms in total. The highest BCUT2D eigenvalue weighted by atomic mass is 79.9. The van der Waals surface area contributed by atoms with Crippen LogP contribution in [0, 0.1) is 0 Å². The van der Waals surface area contributed by atoms with Gasteiger partial charge in [-0.15, -0.1) is 11.8 Å². The van der Waals surface area contributed by atoms with Crippen LogP contribution in [0.1, 0.15) is 13.3 Å². The number of hydrogen-bond donors (Lipinski definition) is 2. The van der Waals surface area contributed by atoms with Crippen molar-refractivity contribution in [3.05, 3.63) is 28.7 Å². The Bertz CT molecular complexity index is 414. The minimum absolute atomic E-state index is 0.0534. The summed E-state index contributed by atoms with van der Waals surface area (Å²) in [6.45, 7) is 2.73. The van der Waals surface area contributed by atoms with Gasteiger partial charge in [0.15, 0.2) is 0 Å². The number of carbonyl (C=O) groups excluding carboxylic acids is 1. The molecule has 2 atom stereocenters. The number of benzene rings is 1. The zero-order valence-corrected chi connectivity index (χ0v) is 15.0. The lowest BCUT2D eigenvalue weighted by atomic mass is 10.2. The first-order valence-electron chi connectivity index (χ1n) is 6.47. The molecule has 0 aromatic heterocycles. The summed E-state index contributed by atoms with van der Waals surface area (Å²) in [6.07, 6.45) is 2.74. The zero-order chi connectivity index (χ0) is 15.0. The van der Waals surface area contributed by atoms with E-state index in [9.17, 15) is 4.79 Å². The standard InChI is InChI=1S/C14H21BrN2OS2/c1-10(20-12-5-3-11(15)4-6-12)9-17-14(18)13(16)7-8-19-2/h3-6,10,13H,7-9,16H2,1-2H3,(H,17,18)/t10?,13-/m0/s1. The maximum atomic E-state index is 11.8. The Morgan fingerprint density at radius 3 is 2.65 bits per heavy atom. The average Bonchev–Trinajstić information content (AvgIpc) is 2.44. The van der Waals surface area contributed by atoms with Crippen LogP contribution in [0.3, 0.4) is 0 Å². The smallest absolute Gasteiger partial charge is 0.236 e. The van der Waals surface area contributed by atoms with Gasteiger partial charge in [0.05, 0.1) is 6.04 Å². The van der Waals surface area contributed by atoms with Crippen molar-refractivity contribution in [3.63, 3.8) is 0 Å². The lowest BCUT2D eigenvalue weighted by Crippen LogP contribution is -2.42. The van der Waals surface area contributed by atoms with E-state index in [4.69, 9.17) is 5.73 Å². The summed E-state index contributed by atoms with van der Waals surface area (Å²) in [5, 5.41) is 3.23. The molecular weight excluding hydrogens is 356 g/mol. The Hall–Kier alpha value is -0.170. The van der Waals surface area contributed by atoms with Gasteiger partial charge in [0.25, 0.3) is 0 Å². The van der Waals surface area contributed by atoms with Gasteiger partial charge in [-0.05, 0) is 42.7 Å². The lowest BCUT2D eigenvalue weighted by molar-refractivity contribution is -0.122. The highest BCUT2D eigenvalue weighted by Gasteiger charge is 2.13. The third kappa shape index (κ3) is 7.02. The first-order valence-corrected chi connectivity index (χ1v) is 9.54. The molecule has 1 amide bonds. The number of nitrogens with two attached hydrogens (primary N) is 1. The first-order chi connectivity index (χ1) is 9.52. The molecule has 0 heterocycles. The molecule has 0 bridgehead atoms. The van der Waals surface area contributed by atoms with E-state index < -0.39 is 6.04 Å². The fraction of sp³-hybridized carbons (Fsp3) is 0.500. The predicted octanol–water partition coefficient (Wildman–Crippen LogP) is 3.13. The number of carbonyl (C=O) groups is 1. The minimum atomic E-state index is -0.396. The summed E-state index contributed by atoms with van der Waals surface area (Å²) in [4.78, 5) is 13.0. The Morgan fingerprint density at radius 1 is 1.40 bits per heavy atom. The molecule has 0 aliphatic heterocycles. The minimum Gasteiger partial charge on any atom is -0.354 e. The molecule has 0 spiro atoms. The Labute approximate surface area is 138 Å². The molecule has 1 aromatic carbocycles. The molecule has 6 heteroatoms. The van der Waals surface area contributed by atoms with E-state index in [1.165, 1.54) is 4.90 Å². The van der Waals surface area contributed by atoms with Gasteiger partial charge in [0.1, 0.15) is 0 Å². The van der Waals surface area contributed by atoms with E-state index in [0.717, 1.165) is 16.6 Å². The number of rotatable bonds is 8. The lowest BCUT2D eigenvalue weighted by Gasteiger charge is -2.15. The van der Waals surface area contributed by atoms with E-state index in [1.807, 2.05) is 18.4 Å². The molecule has 0 aliphatic carbocycles. The van der Waals surface area contributed by atoms with E-state index in [2.05, 4.69) is 40.3 Å². The number of amides is 1. The molecule has 20 heavy (non-hydrogen) atoms. The first kappa shape index (κ1) is 17.9. The van der Waals surface area contributed by atoms with Crippen molar-refractivity contribution < 1.29 is 4.79 Å². The molecule has 1 unspecified atom stereocenters. The second-order valence-corrected chi connectivity index (χ2v) is 7.93. The van der Waals surface area contributed by atoms with E-state index in [-0.39, 0.29) is 5.91 Å². The van der Waals surface area contributed by atoms with Crippen molar-refractivity contribution in [2.45, 2.75) is 29.5 Å². The Morgan fingerprint density at radius 2 is 2.05 bits per heavy atom. The number of thioether (sulfide) groups is 2. The summed E-state index contributed by atoms with van der Waals surface area (Å²) >= 11 is 6.87. The number of hydrogen-bond acceptors (Lipinski definition) is 4. The quantitative estimate of drug-likeness (QED) is 0.684. The van der Waals surface area contributed by atoms with Crippen molar-refractivity contribution in [1.29, 1.82) is 0 Å². The Balaban J connectivity index is 2.30. The van der Waals surface area contributed by atoms with Crippen LogP contribution >= 0.6 is 39.5 Å². The largest absolute Gasteiger partial charge is 0.354 e. The maximum absolute atomic E-state index is 11.8. The Kier molecular flexibility index (Phi) is 8.68. The van der Waals surface area contributed by atoms with Gasteiger partial charge in [0, 0.05) is 21.2 Å². The van der Waals surface area contributed by atoms with Gasteiger partial charge in [-0.3, -0.25) is 4.79 Å². The highest BCUT2D eigenvalue weighted by molar-refractivity contribution is 9.10. The van der Waals surface area contributed by atoms with Crippen LogP contribution in [0.5, 0.6) is 0 Å². The molecule has 3 N–H and O–H groups in total. The molecule has 1 rings (SSSR count). The molecule has 0 aliphatic rings. The van der Waals surface area contributed by atoms with Gasteiger partial charge in [-0.2, -0.15) is 11.8 Å². The van der Waals surface area contributed by atoms with Gasteiger partial charge >= 0.3 is 0 Å². The molecule has 1 aromatic rings. The number of nitrogens with one attached hydrogen (secondary N) is 1. The van der Waals surface area contributed by atoms with Crippen molar-refractivity contribution in [3.8, 4) is 0 Å². The van der Waals surface area contributed by atoms with Gasteiger partial charge < -0.3 is 11.1 Å². The SMILES string of the molecule is CSCC[C@H](N)C(=O)NCC(C)Sc1ccc(Br)cc1. The predicted molar refractivity (Wildman–Crippen MR) is 93.4 cm³/mol. The van der Waals surface area contributed by atoms with Crippen LogP contribution in [0.25, 0.3) is 0 Å². The monoisotopic (exact) mass is 376 g/mol. The van der Waals surface area contributed by atoms with Crippen LogP contribution in [-0.2, 0) is 4.79 Å². The van der Waals surface area contributed by atoms with Crippen LogP contribution in [0.2, 0.25) is 0 Å². The van der Waals surface area contributed by atoms with Gasteiger partial charge in [-0.1, -0.05) is 22.9 Å². The molecule has 0 radical (unpaired) electrons. The van der Waals surface area contributed by atoms with Crippen molar-refractivity contribution >= 4 is 45.4 Å². The third-order valence-corrected chi connectivity index (χ3v) is 4.97. The van der Waals surface area contributed by atoms with Crippen LogP contribution in [-0.4, -0.2) is 35.8 Å². The van der Waals surface area contributed by atoms with E-state index >= 15 is 0 Å². The fourth-order valence-electron chi connectivity index (χ4n) is 1.54. The van der Waals surface area contributed by atoms with Crippen LogP contribution in [0.15, 0.2) is 33.6 Å². The average molecular weight is 377 g/mol. The van der Waals surface area contributed by atoms with Crippen molar-refractivity contribution in [2.75, 3.05) is 18.6 Å². The second-order valence-electron chi connectivity index (χ2n) is 4.52. The van der Waals surface area contributed by atoms with E-state index in [0.29, 0.717) is 11.8 Å². The molecule has 112 valence electrons. The van der Waals surface area contributed by atoms with Crippen molar-refractivity contribution in [1.82, 2.24) is 5.32 Å². The normalized spacial score (nSPS) is 13.8. The molecule has 0 saturated heterocycles. The highest BCUT2D eigenvalue weighted by Crippen LogP contribution is 2.24. The van der Waals surface area contributed by atoms with Crippen molar-refractivity contribution in [2.24, 2.45) is 5.73 Å². The van der Waals surface area contributed by atoms with Gasteiger partial charge in [-0.25, -0.2) is 0 Å². The fourth-order valence-corrected chi connectivity index (χ4v) is 3.22. The summed E-state index contributed by atoms with van der Waals surface area (Å²) in [7, 11) is 0. The third-order valence-electron chi connectivity index (χ3n) is 2.68. The van der Waals surface area contributed by atoms with Crippen LogP contribution < -0.4 is 11.1 Å². The zero-order valence-electron chi connectivity index (χ0n) is 11.8. The maximum Gasteiger partial charge on any atom is 0.236 e. The summed E-state index contributed by atoms with van der Waals surface area (Å²) < 4.78 is 1.07. The molecule has 0 saturated carbocycles. The molecular formula is C14H21BrN2OS2. The van der Waals surface area contributed by atoms with Crippen LogP contribution in [0.4, 0.5) is 0 Å². The summed E-state index contributed by atoms with van der Waals surface area (Å²) in [5.74, 6) is 0.861. The topological polar surface area (TPSA) is 55.1 Å². The van der Waals surface area contributed by atoms with Gasteiger partial charge in [0.2, 0.25) is 5.91 Å². The number of halogens is 1. The summed E-state index contributed by atoms with van der Waals surface area (Å²) in [5.41, 5.74) is 5.82.